The summed E-state index contributed by atoms with van der Waals surface area (Å²) in [6.07, 6.45) is 11.3. The third-order valence-corrected chi connectivity index (χ3v) is 4.59. The first-order valence-electron chi connectivity index (χ1n) is 8.95. The number of hydrogen-bond donors (Lipinski definition) is 0. The van der Waals surface area contributed by atoms with Crippen molar-refractivity contribution in [2.45, 2.75) is 31.8 Å². The highest BCUT2D eigenvalue weighted by Crippen LogP contribution is 2.31. The van der Waals surface area contributed by atoms with Crippen molar-refractivity contribution in [2.75, 3.05) is 19.1 Å². The Morgan fingerprint density at radius 1 is 1.04 bits per heavy atom. The van der Waals surface area contributed by atoms with E-state index in [0.717, 1.165) is 18.6 Å². The average molecular weight is 369 g/mol. The van der Waals surface area contributed by atoms with Gasteiger partial charge in [0.15, 0.2) is 0 Å². The maximum atomic E-state index is 12.5. The van der Waals surface area contributed by atoms with Crippen molar-refractivity contribution in [2.24, 2.45) is 0 Å². The standard InChI is InChI=1S/C21H23NO5/c1-25-20(23)18-12-5-6-13-22(19(18)21(24)26-2)15-8-7-11-17(14-15)27-16-9-3-4-10-16/h5-8,11-14,16H,3-4,9-10H2,1-2H3. The van der Waals surface area contributed by atoms with E-state index in [1.54, 1.807) is 23.3 Å². The first-order chi connectivity index (χ1) is 13.1. The molecule has 0 spiro atoms. The summed E-state index contributed by atoms with van der Waals surface area (Å²) in [5.41, 5.74) is 0.899. The fraction of sp³-hybridized carbons (Fsp3) is 0.333. The molecule has 1 fully saturated rings. The lowest BCUT2D eigenvalue weighted by atomic mass is 10.1. The van der Waals surface area contributed by atoms with Crippen LogP contribution in [0.1, 0.15) is 25.7 Å². The summed E-state index contributed by atoms with van der Waals surface area (Å²) in [7, 11) is 2.55. The molecule has 1 aromatic carbocycles. The quantitative estimate of drug-likeness (QED) is 0.740. The summed E-state index contributed by atoms with van der Waals surface area (Å²) in [4.78, 5) is 26.3. The van der Waals surface area contributed by atoms with Crippen LogP contribution in [0.2, 0.25) is 0 Å². The Morgan fingerprint density at radius 3 is 2.48 bits per heavy atom. The number of allylic oxidation sites excluding steroid dienone is 2. The first-order valence-corrected chi connectivity index (χ1v) is 8.95. The van der Waals surface area contributed by atoms with Crippen molar-refractivity contribution in [3.8, 4) is 5.75 Å². The second-order valence-electron chi connectivity index (χ2n) is 6.34. The molecule has 6 heteroatoms. The van der Waals surface area contributed by atoms with Crippen LogP contribution in [-0.2, 0) is 19.1 Å². The Bertz CT molecular complexity index is 803. The van der Waals surface area contributed by atoms with E-state index in [9.17, 15) is 9.59 Å². The molecule has 1 aliphatic carbocycles. The minimum atomic E-state index is -0.631. The molecule has 1 aliphatic heterocycles. The molecule has 0 saturated heterocycles. The Morgan fingerprint density at radius 2 is 1.78 bits per heavy atom. The summed E-state index contributed by atoms with van der Waals surface area (Å²) in [6, 6.07) is 7.45. The molecule has 0 amide bonds. The smallest absolute Gasteiger partial charge is 0.355 e. The van der Waals surface area contributed by atoms with Crippen LogP contribution >= 0.6 is 0 Å². The van der Waals surface area contributed by atoms with Gasteiger partial charge in [0.25, 0.3) is 0 Å². The zero-order valence-electron chi connectivity index (χ0n) is 15.5. The van der Waals surface area contributed by atoms with Gasteiger partial charge in [0.2, 0.25) is 0 Å². The molecule has 6 nitrogen and oxygen atoms in total. The van der Waals surface area contributed by atoms with Gasteiger partial charge in [-0.1, -0.05) is 12.1 Å². The van der Waals surface area contributed by atoms with Crippen LogP contribution in [0.5, 0.6) is 5.75 Å². The normalized spacial score (nSPS) is 17.0. The SMILES string of the molecule is COC(=O)C1=C(C(=O)OC)N(c2cccc(OC3CCCC3)c2)C=CC=C1. The van der Waals surface area contributed by atoms with Gasteiger partial charge in [-0.05, 0) is 50.0 Å². The molecule has 0 radical (unpaired) electrons. The predicted octanol–water partition coefficient (Wildman–Crippen LogP) is 3.50. The number of carbonyl (C=O) groups is 2. The minimum Gasteiger partial charge on any atom is -0.490 e. The van der Waals surface area contributed by atoms with E-state index in [4.69, 9.17) is 14.2 Å². The lowest BCUT2D eigenvalue weighted by Gasteiger charge is -2.24. The lowest BCUT2D eigenvalue weighted by Crippen LogP contribution is -2.27. The van der Waals surface area contributed by atoms with Gasteiger partial charge < -0.3 is 19.1 Å². The molecule has 0 N–H and O–H groups in total. The molecule has 142 valence electrons. The second-order valence-corrected chi connectivity index (χ2v) is 6.34. The Balaban J connectivity index is 1.99. The lowest BCUT2D eigenvalue weighted by molar-refractivity contribution is -0.139. The van der Waals surface area contributed by atoms with E-state index in [-0.39, 0.29) is 17.4 Å². The predicted molar refractivity (Wildman–Crippen MR) is 101 cm³/mol. The van der Waals surface area contributed by atoms with Gasteiger partial charge in [0.1, 0.15) is 11.4 Å². The molecular formula is C21H23NO5. The zero-order valence-corrected chi connectivity index (χ0v) is 15.5. The summed E-state index contributed by atoms with van der Waals surface area (Å²) in [5, 5.41) is 0. The van der Waals surface area contributed by atoms with Gasteiger partial charge in [0, 0.05) is 18.0 Å². The van der Waals surface area contributed by atoms with Gasteiger partial charge >= 0.3 is 11.9 Å². The van der Waals surface area contributed by atoms with Gasteiger partial charge in [-0.25, -0.2) is 9.59 Å². The van der Waals surface area contributed by atoms with E-state index in [1.165, 1.54) is 33.1 Å². The van der Waals surface area contributed by atoms with Crippen molar-refractivity contribution < 1.29 is 23.8 Å². The van der Waals surface area contributed by atoms with Crippen molar-refractivity contribution in [3.05, 3.63) is 60.0 Å². The Labute approximate surface area is 158 Å². The highest BCUT2D eigenvalue weighted by atomic mass is 16.5. The van der Waals surface area contributed by atoms with Gasteiger partial charge in [-0.15, -0.1) is 0 Å². The molecular weight excluding hydrogens is 346 g/mol. The fourth-order valence-electron chi connectivity index (χ4n) is 3.27. The average Bonchev–Trinajstić information content (AvgIpc) is 3.10. The van der Waals surface area contributed by atoms with E-state index >= 15 is 0 Å². The first kappa shape index (κ1) is 18.8. The maximum Gasteiger partial charge on any atom is 0.355 e. The minimum absolute atomic E-state index is 0.0902. The number of esters is 2. The monoisotopic (exact) mass is 369 g/mol. The third-order valence-electron chi connectivity index (χ3n) is 4.59. The maximum absolute atomic E-state index is 12.5. The summed E-state index contributed by atoms with van der Waals surface area (Å²) in [5.74, 6) is -0.513. The van der Waals surface area contributed by atoms with E-state index in [0.29, 0.717) is 5.69 Å². The highest BCUT2D eigenvalue weighted by molar-refractivity contribution is 6.05. The number of nitrogens with zero attached hydrogens (tertiary/aromatic N) is 1. The molecule has 0 atom stereocenters. The summed E-state index contributed by atoms with van der Waals surface area (Å²) < 4.78 is 15.8. The largest absolute Gasteiger partial charge is 0.490 e. The van der Waals surface area contributed by atoms with Crippen LogP contribution in [0.15, 0.2) is 60.0 Å². The number of benzene rings is 1. The number of ether oxygens (including phenoxy) is 3. The van der Waals surface area contributed by atoms with Crippen LogP contribution in [0.4, 0.5) is 5.69 Å². The zero-order chi connectivity index (χ0) is 19.2. The number of hydrogen-bond acceptors (Lipinski definition) is 6. The van der Waals surface area contributed by atoms with Crippen LogP contribution in [-0.4, -0.2) is 32.3 Å². The van der Waals surface area contributed by atoms with Crippen molar-refractivity contribution in [1.82, 2.24) is 0 Å². The Kier molecular flexibility index (Phi) is 5.96. The van der Waals surface area contributed by atoms with Crippen molar-refractivity contribution in [1.29, 1.82) is 0 Å². The molecule has 0 bridgehead atoms. The molecule has 1 aromatic rings. The number of anilines is 1. The molecule has 1 saturated carbocycles. The number of carbonyl (C=O) groups excluding carboxylic acids is 2. The van der Waals surface area contributed by atoms with Crippen molar-refractivity contribution >= 4 is 17.6 Å². The van der Waals surface area contributed by atoms with E-state index in [2.05, 4.69) is 0 Å². The summed E-state index contributed by atoms with van der Waals surface area (Å²) >= 11 is 0. The highest BCUT2D eigenvalue weighted by Gasteiger charge is 2.27. The van der Waals surface area contributed by atoms with Crippen LogP contribution < -0.4 is 9.64 Å². The van der Waals surface area contributed by atoms with Crippen LogP contribution in [0, 0.1) is 0 Å². The fourth-order valence-corrected chi connectivity index (χ4v) is 3.27. The second kappa shape index (κ2) is 8.58. The Hall–Kier alpha value is -3.02. The van der Waals surface area contributed by atoms with Gasteiger partial charge in [0.05, 0.1) is 25.9 Å². The van der Waals surface area contributed by atoms with Crippen LogP contribution in [0.25, 0.3) is 0 Å². The molecule has 1 heterocycles. The number of methoxy groups -OCH3 is 2. The molecule has 0 unspecified atom stereocenters. The van der Waals surface area contributed by atoms with Gasteiger partial charge in [-0.2, -0.15) is 0 Å². The number of rotatable bonds is 5. The molecule has 0 aromatic heterocycles. The van der Waals surface area contributed by atoms with E-state index < -0.39 is 11.9 Å². The summed E-state index contributed by atoms with van der Waals surface area (Å²) in [6.45, 7) is 0. The van der Waals surface area contributed by atoms with Gasteiger partial charge in [-0.3, -0.25) is 0 Å². The van der Waals surface area contributed by atoms with E-state index in [1.807, 2.05) is 24.3 Å². The molecule has 3 rings (SSSR count). The van der Waals surface area contributed by atoms with Crippen LogP contribution in [0.3, 0.4) is 0 Å². The molecule has 2 aliphatic rings. The topological polar surface area (TPSA) is 65.1 Å². The third kappa shape index (κ3) is 4.22. The van der Waals surface area contributed by atoms with Crippen molar-refractivity contribution in [3.63, 3.8) is 0 Å². The molecule has 27 heavy (non-hydrogen) atoms.